The zero-order valence-electron chi connectivity index (χ0n) is 19.7. The van der Waals surface area contributed by atoms with E-state index in [0.717, 1.165) is 24.3 Å². The molecular formula is C31H20F6O. The maximum absolute atomic E-state index is 13.2. The monoisotopic (exact) mass is 522 g/mol. The number of halogens is 6. The number of ketones is 1. The van der Waals surface area contributed by atoms with Crippen LogP contribution in [0, 0.1) is 0 Å². The van der Waals surface area contributed by atoms with E-state index in [2.05, 4.69) is 0 Å². The number of hydrogen-bond donors (Lipinski definition) is 0. The molecule has 0 unspecified atom stereocenters. The van der Waals surface area contributed by atoms with Crippen LogP contribution < -0.4 is 0 Å². The van der Waals surface area contributed by atoms with E-state index in [1.165, 1.54) is 36.4 Å². The highest BCUT2D eigenvalue weighted by atomic mass is 19.4. The van der Waals surface area contributed by atoms with Crippen molar-refractivity contribution in [2.75, 3.05) is 0 Å². The molecule has 4 rings (SSSR count). The van der Waals surface area contributed by atoms with E-state index >= 15 is 0 Å². The van der Waals surface area contributed by atoms with Crippen LogP contribution >= 0.6 is 0 Å². The van der Waals surface area contributed by atoms with Crippen molar-refractivity contribution < 1.29 is 31.1 Å². The first-order valence-electron chi connectivity index (χ1n) is 11.5. The van der Waals surface area contributed by atoms with Gasteiger partial charge in [0.1, 0.15) is 0 Å². The third-order valence-corrected chi connectivity index (χ3v) is 5.78. The highest BCUT2D eigenvalue weighted by molar-refractivity contribution is 6.05. The lowest BCUT2D eigenvalue weighted by Gasteiger charge is -2.11. The molecule has 0 atom stereocenters. The summed E-state index contributed by atoms with van der Waals surface area (Å²) in [5.74, 6) is -0.400. The van der Waals surface area contributed by atoms with Crippen LogP contribution in [0.15, 0.2) is 109 Å². The third kappa shape index (κ3) is 6.48. The quantitative estimate of drug-likeness (QED) is 0.182. The number of benzene rings is 4. The van der Waals surface area contributed by atoms with E-state index in [1.807, 2.05) is 0 Å². The second-order valence-electron chi connectivity index (χ2n) is 8.40. The molecule has 0 N–H and O–H groups in total. The molecule has 0 radical (unpaired) electrons. The summed E-state index contributed by atoms with van der Waals surface area (Å²) in [6.07, 6.45) is -3.36. The Kier molecular flexibility index (Phi) is 7.67. The molecule has 4 aromatic rings. The predicted molar refractivity (Wildman–Crippen MR) is 137 cm³/mol. The minimum absolute atomic E-state index is 0.359. The van der Waals surface area contributed by atoms with Crippen LogP contribution in [0.4, 0.5) is 26.3 Å². The Morgan fingerprint density at radius 1 is 0.526 bits per heavy atom. The molecular weight excluding hydrogens is 502 g/mol. The fraction of sp³-hybridized carbons (Fsp3) is 0.0645. The van der Waals surface area contributed by atoms with Gasteiger partial charge in [-0.15, -0.1) is 0 Å². The van der Waals surface area contributed by atoms with Crippen molar-refractivity contribution in [3.8, 4) is 22.3 Å². The second-order valence-corrected chi connectivity index (χ2v) is 8.40. The molecule has 0 aliphatic heterocycles. The van der Waals surface area contributed by atoms with Gasteiger partial charge in [0.2, 0.25) is 0 Å². The van der Waals surface area contributed by atoms with Crippen molar-refractivity contribution >= 4 is 17.9 Å². The van der Waals surface area contributed by atoms with Gasteiger partial charge in [0.25, 0.3) is 0 Å². The molecule has 1 nitrogen and oxygen atoms in total. The first-order chi connectivity index (χ1) is 18.0. The summed E-state index contributed by atoms with van der Waals surface area (Å²) in [5, 5.41) is 0. The lowest BCUT2D eigenvalue weighted by molar-refractivity contribution is -0.138. The fourth-order valence-corrected chi connectivity index (χ4v) is 3.94. The Hall–Kier alpha value is -4.39. The molecule has 0 aliphatic rings. The van der Waals surface area contributed by atoms with Crippen LogP contribution in [0.1, 0.15) is 22.3 Å². The van der Waals surface area contributed by atoms with Crippen molar-refractivity contribution in [2.45, 2.75) is 12.4 Å². The van der Waals surface area contributed by atoms with Gasteiger partial charge in [0.15, 0.2) is 5.78 Å². The second kappa shape index (κ2) is 10.9. The summed E-state index contributed by atoms with van der Waals surface area (Å²) in [6, 6.07) is 23.4. The smallest absolute Gasteiger partial charge is 0.290 e. The average Bonchev–Trinajstić information content (AvgIpc) is 2.90. The first-order valence-corrected chi connectivity index (χ1v) is 11.5. The number of carbonyl (C=O) groups excluding carboxylic acids is 1. The number of allylic oxidation sites excluding steroid dienone is 2. The summed E-state index contributed by atoms with van der Waals surface area (Å²) in [5.41, 5.74) is 1.34. The normalized spacial score (nSPS) is 12.4. The third-order valence-electron chi connectivity index (χ3n) is 5.78. The topological polar surface area (TPSA) is 17.1 Å². The Bertz CT molecular complexity index is 1400. The minimum Gasteiger partial charge on any atom is -0.290 e. The molecule has 4 aromatic carbocycles. The minimum atomic E-state index is -4.48. The summed E-state index contributed by atoms with van der Waals surface area (Å²) >= 11 is 0. The van der Waals surface area contributed by atoms with Gasteiger partial charge in [0, 0.05) is 0 Å². The predicted octanol–water partition coefficient (Wildman–Crippen LogP) is 9.35. The van der Waals surface area contributed by atoms with Crippen molar-refractivity contribution in [3.63, 3.8) is 0 Å². The van der Waals surface area contributed by atoms with Crippen LogP contribution in [0.25, 0.3) is 34.4 Å². The lowest BCUT2D eigenvalue weighted by Crippen LogP contribution is -2.04. The largest absolute Gasteiger partial charge is 0.416 e. The van der Waals surface area contributed by atoms with Gasteiger partial charge in [-0.2, -0.15) is 26.3 Å². The molecule has 0 fully saturated rings. The molecule has 0 bridgehead atoms. The molecule has 0 saturated heterocycles. The number of alkyl halides is 6. The molecule has 7 heteroatoms. The Labute approximate surface area is 215 Å². The Morgan fingerprint density at radius 3 is 1.32 bits per heavy atom. The van der Waals surface area contributed by atoms with Gasteiger partial charge in [-0.25, -0.2) is 0 Å². The summed E-state index contributed by atoms with van der Waals surface area (Å²) < 4.78 is 78.9. The van der Waals surface area contributed by atoms with E-state index in [-0.39, 0.29) is 0 Å². The molecule has 38 heavy (non-hydrogen) atoms. The molecule has 0 spiro atoms. The van der Waals surface area contributed by atoms with Crippen LogP contribution in [0.2, 0.25) is 0 Å². The van der Waals surface area contributed by atoms with Gasteiger partial charge in [-0.3, -0.25) is 4.79 Å². The van der Waals surface area contributed by atoms with Gasteiger partial charge >= 0.3 is 12.4 Å². The van der Waals surface area contributed by atoms with E-state index in [9.17, 15) is 31.1 Å². The molecule has 0 saturated carbocycles. The number of carbonyl (C=O) groups is 1. The van der Waals surface area contributed by atoms with E-state index in [0.29, 0.717) is 33.4 Å². The molecule has 0 aromatic heterocycles. The maximum Gasteiger partial charge on any atom is 0.416 e. The van der Waals surface area contributed by atoms with Crippen LogP contribution in [-0.2, 0) is 17.1 Å². The van der Waals surface area contributed by atoms with Crippen molar-refractivity contribution in [3.05, 3.63) is 131 Å². The summed E-state index contributed by atoms with van der Waals surface area (Å²) in [7, 11) is 0. The number of hydrogen-bond acceptors (Lipinski definition) is 1. The first kappa shape index (κ1) is 26.7. The highest BCUT2D eigenvalue weighted by Gasteiger charge is 2.31. The molecule has 0 amide bonds. The molecule has 0 heterocycles. The van der Waals surface area contributed by atoms with Crippen LogP contribution in [0.5, 0.6) is 0 Å². The van der Waals surface area contributed by atoms with Crippen LogP contribution in [-0.4, -0.2) is 5.78 Å². The maximum atomic E-state index is 13.2. The van der Waals surface area contributed by atoms with Gasteiger partial charge in [-0.05, 0) is 69.8 Å². The van der Waals surface area contributed by atoms with Gasteiger partial charge < -0.3 is 0 Å². The summed E-state index contributed by atoms with van der Waals surface area (Å²) in [4.78, 5) is 12.6. The van der Waals surface area contributed by atoms with Gasteiger partial charge in [-0.1, -0.05) is 84.9 Å². The molecule has 0 aliphatic carbocycles. The Balaban J connectivity index is 1.58. The van der Waals surface area contributed by atoms with Gasteiger partial charge in [0.05, 0.1) is 11.1 Å². The lowest BCUT2D eigenvalue weighted by atomic mass is 9.97. The van der Waals surface area contributed by atoms with Crippen molar-refractivity contribution in [1.82, 2.24) is 0 Å². The Morgan fingerprint density at radius 2 is 0.921 bits per heavy atom. The summed E-state index contributed by atoms with van der Waals surface area (Å²) in [6.45, 7) is 0. The average molecular weight is 522 g/mol. The standard InChI is InChI=1S/C31H20F6O/c32-30(33,34)25-11-5-9-23(19-25)28-13-3-1-7-21(28)15-17-27(38)18-16-22-8-2-4-14-29(22)24-10-6-12-26(20-24)31(35,36)37/h1-20H/b17-15+,18-16+. The van der Waals surface area contributed by atoms with Crippen molar-refractivity contribution in [2.24, 2.45) is 0 Å². The highest BCUT2D eigenvalue weighted by Crippen LogP contribution is 2.34. The zero-order valence-corrected chi connectivity index (χ0v) is 19.7. The van der Waals surface area contributed by atoms with Crippen molar-refractivity contribution in [1.29, 1.82) is 0 Å². The fourth-order valence-electron chi connectivity index (χ4n) is 3.94. The SMILES string of the molecule is O=C(/C=C/c1ccccc1-c1cccc(C(F)(F)F)c1)/C=C/c1ccccc1-c1cccc(C(F)(F)F)c1. The molecule has 192 valence electrons. The van der Waals surface area contributed by atoms with E-state index in [4.69, 9.17) is 0 Å². The number of rotatable bonds is 6. The van der Waals surface area contributed by atoms with Crippen LogP contribution in [0.3, 0.4) is 0 Å². The zero-order chi connectivity index (χ0) is 27.3. The van der Waals surface area contributed by atoms with E-state index in [1.54, 1.807) is 60.7 Å². The van der Waals surface area contributed by atoms with E-state index < -0.39 is 29.3 Å².